The number of hydrogen-bond donors (Lipinski definition) is 2. The lowest BCUT2D eigenvalue weighted by molar-refractivity contribution is -0.525. The number of benzene rings is 1. The molecule has 1 aromatic rings. The van der Waals surface area contributed by atoms with Crippen LogP contribution in [0.25, 0.3) is 0 Å². The highest BCUT2D eigenvalue weighted by atomic mass is 19.1. The van der Waals surface area contributed by atoms with E-state index in [4.69, 9.17) is 5.73 Å². The predicted molar refractivity (Wildman–Crippen MR) is 52.5 cm³/mol. The highest BCUT2D eigenvalue weighted by molar-refractivity contribution is 5.79. The van der Waals surface area contributed by atoms with Gasteiger partial charge in [-0.05, 0) is 24.6 Å². The van der Waals surface area contributed by atoms with Crippen molar-refractivity contribution in [2.45, 2.75) is 6.92 Å². The number of aliphatic imine (C=N–C) groups is 1. The Morgan fingerprint density at radius 2 is 2.33 bits per heavy atom. The van der Waals surface area contributed by atoms with Gasteiger partial charge < -0.3 is 5.73 Å². The maximum atomic E-state index is 13.1. The quantitative estimate of drug-likeness (QED) is 0.329. The van der Waals surface area contributed by atoms with E-state index in [-0.39, 0.29) is 5.69 Å². The van der Waals surface area contributed by atoms with Crippen LogP contribution in [0.2, 0.25) is 0 Å². The molecule has 1 rings (SSSR count). The summed E-state index contributed by atoms with van der Waals surface area (Å²) in [6, 6.07) is 4.21. The lowest BCUT2D eigenvalue weighted by Gasteiger charge is -1.99. The first kappa shape index (κ1) is 10.9. The van der Waals surface area contributed by atoms with Gasteiger partial charge >= 0.3 is 0 Å². The number of guanidine groups is 1. The summed E-state index contributed by atoms with van der Waals surface area (Å²) in [6.07, 6.45) is 0. The van der Waals surface area contributed by atoms with Gasteiger partial charge in [-0.1, -0.05) is 11.5 Å². The molecule has 0 unspecified atom stereocenters. The minimum absolute atomic E-state index is 0.0400. The van der Waals surface area contributed by atoms with Crippen molar-refractivity contribution < 1.29 is 9.42 Å². The largest absolute Gasteiger partial charge is 0.365 e. The molecule has 0 aliphatic rings. The zero-order valence-electron chi connectivity index (χ0n) is 7.90. The van der Waals surface area contributed by atoms with Crippen LogP contribution in [0, 0.1) is 22.9 Å². The van der Waals surface area contributed by atoms with Gasteiger partial charge in [0.1, 0.15) is 11.5 Å². The van der Waals surface area contributed by atoms with Gasteiger partial charge in [0.05, 0.1) is 0 Å². The Hall–Kier alpha value is -2.18. The van der Waals surface area contributed by atoms with Crippen molar-refractivity contribution >= 4 is 11.6 Å². The van der Waals surface area contributed by atoms with Crippen molar-refractivity contribution in [3.05, 3.63) is 39.7 Å². The molecule has 6 nitrogen and oxygen atoms in total. The third-order valence-electron chi connectivity index (χ3n) is 1.55. The van der Waals surface area contributed by atoms with Crippen LogP contribution in [-0.4, -0.2) is 11.0 Å². The van der Waals surface area contributed by atoms with Crippen LogP contribution < -0.4 is 11.2 Å². The van der Waals surface area contributed by atoms with Crippen molar-refractivity contribution in [3.63, 3.8) is 0 Å². The van der Waals surface area contributed by atoms with Crippen molar-refractivity contribution in [3.8, 4) is 0 Å². The summed E-state index contributed by atoms with van der Waals surface area (Å²) in [5.41, 5.74) is 7.52. The van der Waals surface area contributed by atoms with Crippen LogP contribution in [0.15, 0.2) is 23.2 Å². The SMILES string of the molecule is Cc1ccc(F)c(N=C(N)N[N+](=O)[O-])c1. The molecule has 0 fully saturated rings. The Kier molecular flexibility index (Phi) is 3.17. The van der Waals surface area contributed by atoms with E-state index in [0.717, 1.165) is 5.56 Å². The number of nitro groups is 1. The monoisotopic (exact) mass is 212 g/mol. The molecule has 0 bridgehead atoms. The molecule has 7 heteroatoms. The molecular formula is C8H9FN4O2. The van der Waals surface area contributed by atoms with E-state index in [9.17, 15) is 14.5 Å². The van der Waals surface area contributed by atoms with Crippen molar-refractivity contribution in [2.75, 3.05) is 0 Å². The zero-order valence-corrected chi connectivity index (χ0v) is 7.90. The lowest BCUT2D eigenvalue weighted by Crippen LogP contribution is -2.35. The normalized spacial score (nSPS) is 11.2. The summed E-state index contributed by atoms with van der Waals surface area (Å²) in [6.45, 7) is 1.75. The minimum atomic E-state index is -0.869. The number of nitrogens with two attached hydrogens (primary N) is 1. The molecule has 0 aliphatic carbocycles. The predicted octanol–water partition coefficient (Wildman–Crippen LogP) is 0.862. The van der Waals surface area contributed by atoms with Crippen LogP contribution in [0.3, 0.4) is 0 Å². The number of halogens is 1. The number of rotatable bonds is 2. The zero-order chi connectivity index (χ0) is 11.4. The molecular weight excluding hydrogens is 203 g/mol. The van der Waals surface area contributed by atoms with Gasteiger partial charge in [0, 0.05) is 0 Å². The van der Waals surface area contributed by atoms with Gasteiger partial charge in [0.25, 0.3) is 5.96 Å². The smallest absolute Gasteiger partial charge is 0.256 e. The summed E-state index contributed by atoms with van der Waals surface area (Å²) in [7, 11) is 0. The molecule has 0 aliphatic heterocycles. The van der Waals surface area contributed by atoms with Gasteiger partial charge in [0.15, 0.2) is 5.03 Å². The number of hydrogen-bond acceptors (Lipinski definition) is 3. The fraction of sp³-hybridized carbons (Fsp3) is 0.125. The van der Waals surface area contributed by atoms with Crippen LogP contribution in [0.1, 0.15) is 5.56 Å². The molecule has 80 valence electrons. The van der Waals surface area contributed by atoms with Crippen molar-refractivity contribution in [1.82, 2.24) is 5.43 Å². The summed E-state index contributed by atoms with van der Waals surface area (Å²) < 4.78 is 13.1. The first-order valence-electron chi connectivity index (χ1n) is 4.00. The van der Waals surface area contributed by atoms with Gasteiger partial charge in [-0.15, -0.1) is 0 Å². The van der Waals surface area contributed by atoms with E-state index >= 15 is 0 Å². The van der Waals surface area contributed by atoms with Gasteiger partial charge in [0.2, 0.25) is 0 Å². The molecule has 15 heavy (non-hydrogen) atoms. The average molecular weight is 212 g/mol. The van der Waals surface area contributed by atoms with Crippen LogP contribution in [-0.2, 0) is 0 Å². The standard InChI is InChI=1S/C8H9FN4O2/c1-5-2-3-6(9)7(4-5)11-8(10)12-13(14)15/h2-4H,1H3,(H3,10,11,12). The summed E-state index contributed by atoms with van der Waals surface area (Å²) in [5.74, 6) is -1.06. The number of aryl methyl sites for hydroxylation is 1. The Morgan fingerprint density at radius 1 is 1.67 bits per heavy atom. The van der Waals surface area contributed by atoms with E-state index < -0.39 is 16.8 Å². The summed E-state index contributed by atoms with van der Waals surface area (Å²) in [5, 5.41) is 9.12. The Bertz CT molecular complexity index is 419. The van der Waals surface area contributed by atoms with E-state index in [0.29, 0.717) is 0 Å². The third kappa shape index (κ3) is 3.22. The molecule has 0 spiro atoms. The highest BCUT2D eigenvalue weighted by Crippen LogP contribution is 2.18. The maximum Gasteiger partial charge on any atom is 0.256 e. The van der Waals surface area contributed by atoms with E-state index in [1.54, 1.807) is 18.4 Å². The van der Waals surface area contributed by atoms with E-state index in [1.165, 1.54) is 12.1 Å². The third-order valence-corrected chi connectivity index (χ3v) is 1.55. The Labute approximate surface area is 84.7 Å². The Morgan fingerprint density at radius 3 is 2.93 bits per heavy atom. The fourth-order valence-electron chi connectivity index (χ4n) is 0.957. The first-order valence-corrected chi connectivity index (χ1v) is 4.00. The first-order chi connectivity index (χ1) is 6.99. The second-order valence-corrected chi connectivity index (χ2v) is 2.82. The summed E-state index contributed by atoms with van der Waals surface area (Å²) >= 11 is 0. The molecule has 0 saturated carbocycles. The second kappa shape index (κ2) is 4.36. The molecule has 0 radical (unpaired) electrons. The molecule has 3 N–H and O–H groups in total. The van der Waals surface area contributed by atoms with Crippen LogP contribution in [0.5, 0.6) is 0 Å². The van der Waals surface area contributed by atoms with E-state index in [1.807, 2.05) is 0 Å². The van der Waals surface area contributed by atoms with Gasteiger partial charge in [-0.2, -0.15) is 0 Å². The minimum Gasteiger partial charge on any atom is -0.365 e. The highest BCUT2D eigenvalue weighted by Gasteiger charge is 2.04. The molecule has 0 amide bonds. The van der Waals surface area contributed by atoms with Crippen LogP contribution >= 0.6 is 0 Å². The molecule has 0 heterocycles. The maximum absolute atomic E-state index is 13.1. The molecule has 0 saturated heterocycles. The van der Waals surface area contributed by atoms with E-state index in [2.05, 4.69) is 4.99 Å². The van der Waals surface area contributed by atoms with Gasteiger partial charge in [-0.3, -0.25) is 0 Å². The molecule has 0 atom stereocenters. The molecule has 0 aromatic heterocycles. The Balaban J connectivity index is 2.96. The van der Waals surface area contributed by atoms with Crippen molar-refractivity contribution in [2.24, 2.45) is 10.7 Å². The molecule has 1 aromatic carbocycles. The fourth-order valence-corrected chi connectivity index (χ4v) is 0.957. The summed E-state index contributed by atoms with van der Waals surface area (Å²) in [4.78, 5) is 13.5. The average Bonchev–Trinajstić information content (AvgIpc) is 2.10. The van der Waals surface area contributed by atoms with Crippen molar-refractivity contribution in [1.29, 1.82) is 0 Å². The lowest BCUT2D eigenvalue weighted by atomic mass is 10.2. The topological polar surface area (TPSA) is 93.5 Å². The number of hydrazine groups is 1. The second-order valence-electron chi connectivity index (χ2n) is 2.82. The number of nitrogens with zero attached hydrogens (tertiary/aromatic N) is 2. The van der Waals surface area contributed by atoms with Crippen LogP contribution in [0.4, 0.5) is 10.1 Å². The number of nitrogens with one attached hydrogen (secondary N) is 1. The van der Waals surface area contributed by atoms with Gasteiger partial charge in [-0.25, -0.2) is 19.5 Å².